The van der Waals surface area contributed by atoms with E-state index in [1.165, 1.54) is 12.1 Å². The Bertz CT molecular complexity index is 1240. The predicted octanol–water partition coefficient (Wildman–Crippen LogP) is 4.59. The summed E-state index contributed by atoms with van der Waals surface area (Å²) in [5.41, 5.74) is 7.17. The molecular formula is C29H37F3N6O2. The van der Waals surface area contributed by atoms with Gasteiger partial charge in [0, 0.05) is 57.1 Å². The summed E-state index contributed by atoms with van der Waals surface area (Å²) < 4.78 is 42.8. The molecule has 0 bridgehead atoms. The summed E-state index contributed by atoms with van der Waals surface area (Å²) in [4.78, 5) is 32.2. The van der Waals surface area contributed by atoms with Crippen LogP contribution in [0.3, 0.4) is 0 Å². The molecule has 1 atom stereocenters. The Hall–Kier alpha value is -3.08. The third-order valence-electron chi connectivity index (χ3n) is 9.10. The second-order valence-electron chi connectivity index (χ2n) is 11.8. The first-order valence-corrected chi connectivity index (χ1v) is 14.5. The summed E-state index contributed by atoms with van der Waals surface area (Å²) in [5.74, 6) is -0.210. The van der Waals surface area contributed by atoms with Gasteiger partial charge in [-0.3, -0.25) is 9.48 Å². The molecule has 0 radical (unpaired) electrons. The van der Waals surface area contributed by atoms with Crippen molar-refractivity contribution in [2.45, 2.75) is 75.0 Å². The van der Waals surface area contributed by atoms with Crippen LogP contribution in [0.1, 0.15) is 90.0 Å². The van der Waals surface area contributed by atoms with E-state index < -0.39 is 11.7 Å². The fourth-order valence-corrected chi connectivity index (χ4v) is 6.66. The van der Waals surface area contributed by atoms with Crippen molar-refractivity contribution < 1.29 is 22.8 Å². The van der Waals surface area contributed by atoms with Gasteiger partial charge in [-0.2, -0.15) is 18.3 Å². The zero-order chi connectivity index (χ0) is 28.0. The Balaban J connectivity index is 1.13. The highest BCUT2D eigenvalue weighted by Crippen LogP contribution is 2.44. The van der Waals surface area contributed by atoms with Gasteiger partial charge < -0.3 is 20.4 Å². The van der Waals surface area contributed by atoms with Crippen LogP contribution in [0.4, 0.5) is 18.0 Å². The molecule has 0 unspecified atom stereocenters. The Morgan fingerprint density at radius 3 is 2.10 bits per heavy atom. The number of nitrogens with zero attached hydrogens (tertiary/aromatic N) is 5. The van der Waals surface area contributed by atoms with Gasteiger partial charge in [0.15, 0.2) is 0 Å². The summed E-state index contributed by atoms with van der Waals surface area (Å²) in [6, 6.07) is 6.06. The molecule has 3 aliphatic heterocycles. The first-order valence-electron chi connectivity index (χ1n) is 14.5. The molecule has 1 aromatic heterocycles. The number of halogens is 3. The van der Waals surface area contributed by atoms with Crippen LogP contribution >= 0.6 is 0 Å². The number of carbonyl (C=O) groups excluding carboxylic acids is 2. The highest BCUT2D eigenvalue weighted by atomic mass is 19.4. The van der Waals surface area contributed by atoms with Gasteiger partial charge >= 0.3 is 12.2 Å². The summed E-state index contributed by atoms with van der Waals surface area (Å²) >= 11 is 0. The largest absolute Gasteiger partial charge is 0.416 e. The van der Waals surface area contributed by atoms with Gasteiger partial charge in [0.1, 0.15) is 0 Å². The molecule has 3 saturated heterocycles. The summed E-state index contributed by atoms with van der Waals surface area (Å²) in [6.45, 7) is 3.39. The van der Waals surface area contributed by atoms with E-state index >= 15 is 0 Å². The maximum absolute atomic E-state index is 13.7. The van der Waals surface area contributed by atoms with Crippen molar-refractivity contribution in [3.05, 3.63) is 52.8 Å². The smallest absolute Gasteiger partial charge is 0.338 e. The number of aromatic nitrogens is 2. The van der Waals surface area contributed by atoms with Gasteiger partial charge in [-0.25, -0.2) is 4.79 Å². The molecule has 216 valence electrons. The van der Waals surface area contributed by atoms with E-state index in [4.69, 9.17) is 5.73 Å². The van der Waals surface area contributed by atoms with Gasteiger partial charge in [0.2, 0.25) is 0 Å². The predicted molar refractivity (Wildman–Crippen MR) is 143 cm³/mol. The van der Waals surface area contributed by atoms with Gasteiger partial charge in [-0.15, -0.1) is 0 Å². The van der Waals surface area contributed by atoms with Crippen LogP contribution in [0, 0.1) is 0 Å². The molecule has 4 aliphatic rings. The number of amides is 3. The molecule has 2 N–H and O–H groups in total. The lowest BCUT2D eigenvalue weighted by atomic mass is 9.93. The van der Waals surface area contributed by atoms with Crippen LogP contribution in [-0.2, 0) is 6.18 Å². The van der Waals surface area contributed by atoms with Crippen LogP contribution in [0.2, 0.25) is 0 Å². The molecule has 8 nitrogen and oxygen atoms in total. The Morgan fingerprint density at radius 1 is 0.825 bits per heavy atom. The number of carbonyl (C=O) groups is 2. The number of benzene rings is 1. The lowest BCUT2D eigenvalue weighted by molar-refractivity contribution is -0.138. The number of piperidine rings is 2. The fourth-order valence-electron chi connectivity index (χ4n) is 6.66. The van der Waals surface area contributed by atoms with Gasteiger partial charge in [-0.1, -0.05) is 18.2 Å². The van der Waals surface area contributed by atoms with Crippen molar-refractivity contribution in [1.82, 2.24) is 24.5 Å². The molecule has 4 fully saturated rings. The minimum Gasteiger partial charge on any atom is -0.338 e. The zero-order valence-electron chi connectivity index (χ0n) is 22.7. The number of urea groups is 1. The van der Waals surface area contributed by atoms with Gasteiger partial charge in [-0.05, 0) is 56.6 Å². The average molecular weight is 559 g/mol. The van der Waals surface area contributed by atoms with E-state index in [1.807, 2.05) is 14.5 Å². The molecule has 1 saturated carbocycles. The van der Waals surface area contributed by atoms with E-state index in [-0.39, 0.29) is 48.0 Å². The summed E-state index contributed by atoms with van der Waals surface area (Å²) in [6.07, 6.45) is 2.96. The third kappa shape index (κ3) is 5.32. The number of hydrogen-bond acceptors (Lipinski definition) is 4. The molecule has 3 amide bonds. The molecular weight excluding hydrogens is 521 g/mol. The van der Waals surface area contributed by atoms with Crippen LogP contribution in [-0.4, -0.2) is 81.7 Å². The van der Waals surface area contributed by atoms with E-state index in [1.54, 1.807) is 17.2 Å². The fraction of sp³-hybridized carbons (Fsp3) is 0.621. The molecule has 1 aliphatic carbocycles. The van der Waals surface area contributed by atoms with Crippen molar-refractivity contribution >= 4 is 11.9 Å². The van der Waals surface area contributed by atoms with E-state index in [0.717, 1.165) is 50.3 Å². The highest BCUT2D eigenvalue weighted by molar-refractivity contribution is 5.95. The number of hydrogen-bond donors (Lipinski definition) is 1. The molecule has 6 rings (SSSR count). The van der Waals surface area contributed by atoms with Crippen LogP contribution in [0.5, 0.6) is 0 Å². The van der Waals surface area contributed by atoms with Gasteiger partial charge in [0.25, 0.3) is 5.91 Å². The Kier molecular flexibility index (Phi) is 7.27. The van der Waals surface area contributed by atoms with Crippen molar-refractivity contribution in [2.75, 3.05) is 39.3 Å². The summed E-state index contributed by atoms with van der Waals surface area (Å²) in [5, 5.41) is 4.68. The maximum atomic E-state index is 13.7. The first-order chi connectivity index (χ1) is 19.2. The normalized spacial score (nSPS) is 23.2. The number of alkyl halides is 3. The minimum absolute atomic E-state index is 0.0831. The Morgan fingerprint density at radius 2 is 1.45 bits per heavy atom. The lowest BCUT2D eigenvalue weighted by Crippen LogP contribution is -2.51. The summed E-state index contributed by atoms with van der Waals surface area (Å²) in [7, 11) is 0. The number of likely N-dealkylation sites (tertiary alicyclic amines) is 3. The van der Waals surface area contributed by atoms with Crippen molar-refractivity contribution in [3.63, 3.8) is 0 Å². The molecule has 0 spiro atoms. The quantitative estimate of drug-likeness (QED) is 0.595. The van der Waals surface area contributed by atoms with Crippen molar-refractivity contribution in [3.8, 4) is 0 Å². The SMILES string of the molecule is NC1CCN(C(=O)N2CCC(n3ncc(C(=O)N4CC[C@@H](c5ccccc5C(F)(F)F)C4)c3C3CC3)CC2)CC1. The van der Waals surface area contributed by atoms with E-state index in [0.29, 0.717) is 44.7 Å². The maximum Gasteiger partial charge on any atom is 0.416 e. The molecule has 2 aromatic rings. The van der Waals surface area contributed by atoms with Crippen LogP contribution in [0.15, 0.2) is 30.5 Å². The monoisotopic (exact) mass is 558 g/mol. The molecule has 1 aromatic carbocycles. The van der Waals surface area contributed by atoms with Crippen molar-refractivity contribution in [1.29, 1.82) is 0 Å². The van der Waals surface area contributed by atoms with Crippen molar-refractivity contribution in [2.24, 2.45) is 5.73 Å². The first kappa shape index (κ1) is 27.1. The molecule has 4 heterocycles. The zero-order valence-corrected chi connectivity index (χ0v) is 22.7. The lowest BCUT2D eigenvalue weighted by Gasteiger charge is -2.38. The van der Waals surface area contributed by atoms with Gasteiger partial charge in [0.05, 0.1) is 29.1 Å². The minimum atomic E-state index is -4.42. The van der Waals surface area contributed by atoms with E-state index in [9.17, 15) is 22.8 Å². The number of nitrogens with two attached hydrogens (primary N) is 1. The van der Waals surface area contributed by atoms with Crippen LogP contribution < -0.4 is 5.73 Å². The number of rotatable bonds is 4. The second-order valence-corrected chi connectivity index (χ2v) is 11.8. The Labute approximate surface area is 232 Å². The van der Waals surface area contributed by atoms with E-state index in [2.05, 4.69) is 5.10 Å². The average Bonchev–Trinajstić information content (AvgIpc) is 3.50. The topological polar surface area (TPSA) is 87.7 Å². The standard InChI is InChI=1S/C29H37F3N6O2/c30-29(31,32)25-4-2-1-3-23(25)20-7-12-37(18-20)27(39)24-17-34-38(26(24)19-5-6-19)22-10-15-36(16-11-22)28(40)35-13-8-21(33)9-14-35/h1-4,17,19-22H,5-16,18,33H2/t20-/m1/s1. The van der Waals surface area contributed by atoms with Crippen LogP contribution in [0.25, 0.3) is 0 Å². The second kappa shape index (κ2) is 10.7. The molecule has 40 heavy (non-hydrogen) atoms. The highest BCUT2D eigenvalue weighted by Gasteiger charge is 2.40. The third-order valence-corrected chi connectivity index (χ3v) is 9.10. The molecule has 11 heteroatoms.